The highest BCUT2D eigenvalue weighted by Crippen LogP contribution is 2.34. The van der Waals surface area contributed by atoms with E-state index in [0.717, 1.165) is 9.87 Å². The summed E-state index contributed by atoms with van der Waals surface area (Å²) in [4.78, 5) is 12.9. The molecule has 0 aliphatic carbocycles. The lowest BCUT2D eigenvalue weighted by atomic mass is 9.93. The number of hydrogen-bond donors (Lipinski definition) is 1. The minimum atomic E-state index is -3.69. The number of nitrogens with zero attached hydrogens (tertiary/aromatic N) is 1. The summed E-state index contributed by atoms with van der Waals surface area (Å²) >= 11 is 6.18. The molecule has 7 nitrogen and oxygen atoms in total. The average Bonchev–Trinajstić information content (AvgIpc) is 2.67. The van der Waals surface area contributed by atoms with E-state index in [-0.39, 0.29) is 15.5 Å². The van der Waals surface area contributed by atoms with Gasteiger partial charge in [0.1, 0.15) is 13.2 Å². The Kier molecular flexibility index (Phi) is 5.80. The summed E-state index contributed by atoms with van der Waals surface area (Å²) < 4.78 is 37.0. The number of halogens is 1. The fourth-order valence-corrected chi connectivity index (χ4v) is 4.04. The molecule has 0 radical (unpaired) electrons. The van der Waals surface area contributed by atoms with Gasteiger partial charge >= 0.3 is 0 Å². The third-order valence-electron chi connectivity index (χ3n) is 4.65. The Balaban J connectivity index is 1.89. The summed E-state index contributed by atoms with van der Waals surface area (Å²) in [7, 11) is -0.841. The molecule has 2 aromatic carbocycles. The van der Waals surface area contributed by atoms with E-state index in [1.54, 1.807) is 6.07 Å². The van der Waals surface area contributed by atoms with Crippen molar-refractivity contribution >= 4 is 27.5 Å². The van der Waals surface area contributed by atoms with Crippen LogP contribution in [0.2, 0.25) is 5.02 Å². The SMILES string of the molecule is CN(C)S(=O)(=O)c1ccc(Cl)c(C(=O)NC(C)(C)c2ccc3c(c2)OCCO3)c1. The molecular weight excluding hydrogens is 416 g/mol. The predicted octanol–water partition coefficient (Wildman–Crippen LogP) is 3.03. The molecule has 2 aromatic rings. The molecule has 9 heteroatoms. The zero-order valence-electron chi connectivity index (χ0n) is 16.7. The van der Waals surface area contributed by atoms with Crippen molar-refractivity contribution in [2.75, 3.05) is 27.3 Å². The van der Waals surface area contributed by atoms with Crippen LogP contribution in [-0.4, -0.2) is 45.9 Å². The molecule has 0 atom stereocenters. The average molecular weight is 439 g/mol. The second kappa shape index (κ2) is 7.85. The molecule has 1 heterocycles. The highest BCUT2D eigenvalue weighted by Gasteiger charge is 2.28. The van der Waals surface area contributed by atoms with Crippen LogP contribution in [0.4, 0.5) is 0 Å². The maximum absolute atomic E-state index is 12.9. The Labute approximate surface area is 175 Å². The van der Waals surface area contributed by atoms with Crippen molar-refractivity contribution in [3.63, 3.8) is 0 Å². The largest absolute Gasteiger partial charge is 0.486 e. The molecule has 3 rings (SSSR count). The minimum absolute atomic E-state index is 0.00538. The van der Waals surface area contributed by atoms with Gasteiger partial charge in [0.25, 0.3) is 5.91 Å². The molecular formula is C20H23ClN2O5S. The summed E-state index contributed by atoms with van der Waals surface area (Å²) in [6.45, 7) is 4.64. The van der Waals surface area contributed by atoms with Crippen molar-refractivity contribution in [1.82, 2.24) is 9.62 Å². The van der Waals surface area contributed by atoms with E-state index in [0.29, 0.717) is 24.7 Å². The van der Waals surface area contributed by atoms with Crippen LogP contribution in [0.3, 0.4) is 0 Å². The van der Waals surface area contributed by atoms with Gasteiger partial charge in [0.15, 0.2) is 11.5 Å². The molecule has 0 saturated carbocycles. The first-order chi connectivity index (χ1) is 13.5. The third kappa shape index (κ3) is 4.34. The molecule has 0 unspecified atom stereocenters. The first kappa shape index (κ1) is 21.4. The number of rotatable bonds is 5. The molecule has 0 spiro atoms. The van der Waals surface area contributed by atoms with Crippen molar-refractivity contribution in [3.05, 3.63) is 52.5 Å². The highest BCUT2D eigenvalue weighted by molar-refractivity contribution is 7.89. The number of nitrogens with one attached hydrogen (secondary N) is 1. The van der Waals surface area contributed by atoms with Crippen LogP contribution in [-0.2, 0) is 15.6 Å². The second-order valence-electron chi connectivity index (χ2n) is 7.37. The van der Waals surface area contributed by atoms with Crippen molar-refractivity contribution in [3.8, 4) is 11.5 Å². The molecule has 0 fully saturated rings. The topological polar surface area (TPSA) is 84.9 Å². The fourth-order valence-electron chi connectivity index (χ4n) is 2.91. The smallest absolute Gasteiger partial charge is 0.253 e. The molecule has 0 saturated heterocycles. The maximum Gasteiger partial charge on any atom is 0.253 e. The standard InChI is InChI=1S/C20H23ClN2O5S/c1-20(2,13-5-8-17-18(11-13)28-10-9-27-17)22-19(24)15-12-14(6-7-16(15)21)29(25,26)23(3)4/h5-8,11-12H,9-10H2,1-4H3,(H,22,24). The van der Waals surface area contributed by atoms with E-state index in [1.165, 1.54) is 32.3 Å². The van der Waals surface area contributed by atoms with Gasteiger partial charge < -0.3 is 14.8 Å². The number of fused-ring (bicyclic) bond motifs is 1. The quantitative estimate of drug-likeness (QED) is 0.775. The van der Waals surface area contributed by atoms with E-state index in [4.69, 9.17) is 21.1 Å². The van der Waals surface area contributed by atoms with Gasteiger partial charge in [-0.05, 0) is 49.7 Å². The highest BCUT2D eigenvalue weighted by atomic mass is 35.5. The number of ether oxygens (including phenoxy) is 2. The minimum Gasteiger partial charge on any atom is -0.486 e. The van der Waals surface area contributed by atoms with E-state index in [9.17, 15) is 13.2 Å². The monoisotopic (exact) mass is 438 g/mol. The predicted molar refractivity (Wildman–Crippen MR) is 110 cm³/mol. The number of amides is 1. The summed E-state index contributed by atoms with van der Waals surface area (Å²) in [5, 5.41) is 3.08. The van der Waals surface area contributed by atoms with E-state index in [1.807, 2.05) is 26.0 Å². The van der Waals surface area contributed by atoms with Gasteiger partial charge in [0.2, 0.25) is 10.0 Å². The van der Waals surface area contributed by atoms with Crippen LogP contribution < -0.4 is 14.8 Å². The zero-order chi connectivity index (χ0) is 21.4. The zero-order valence-corrected chi connectivity index (χ0v) is 18.2. The Bertz CT molecular complexity index is 1050. The number of benzene rings is 2. The maximum atomic E-state index is 12.9. The van der Waals surface area contributed by atoms with Gasteiger partial charge in [-0.1, -0.05) is 17.7 Å². The first-order valence-electron chi connectivity index (χ1n) is 8.97. The summed E-state index contributed by atoms with van der Waals surface area (Å²) in [6, 6.07) is 9.54. The van der Waals surface area contributed by atoms with Crippen molar-refractivity contribution < 1.29 is 22.7 Å². The third-order valence-corrected chi connectivity index (χ3v) is 6.79. The molecule has 1 aliphatic heterocycles. The van der Waals surface area contributed by atoms with Crippen molar-refractivity contribution in [2.45, 2.75) is 24.3 Å². The van der Waals surface area contributed by atoms with E-state index < -0.39 is 21.5 Å². The van der Waals surface area contributed by atoms with Crippen LogP contribution in [0.15, 0.2) is 41.3 Å². The number of sulfonamides is 1. The van der Waals surface area contributed by atoms with Gasteiger partial charge in [-0.25, -0.2) is 12.7 Å². The Morgan fingerprint density at radius 3 is 2.38 bits per heavy atom. The molecule has 0 bridgehead atoms. The normalized spacial score (nSPS) is 14.0. The summed E-state index contributed by atoms with van der Waals surface area (Å²) in [5.74, 6) is 0.797. The fraction of sp³-hybridized carbons (Fsp3) is 0.350. The van der Waals surface area contributed by atoms with Crippen molar-refractivity contribution in [1.29, 1.82) is 0 Å². The van der Waals surface area contributed by atoms with E-state index >= 15 is 0 Å². The molecule has 1 aliphatic rings. The van der Waals surface area contributed by atoms with Gasteiger partial charge in [0, 0.05) is 14.1 Å². The van der Waals surface area contributed by atoms with Crippen LogP contribution >= 0.6 is 11.6 Å². The van der Waals surface area contributed by atoms with Gasteiger partial charge in [-0.15, -0.1) is 0 Å². The molecule has 156 valence electrons. The van der Waals surface area contributed by atoms with Crippen LogP contribution in [0.25, 0.3) is 0 Å². The second-order valence-corrected chi connectivity index (χ2v) is 9.93. The Morgan fingerprint density at radius 1 is 1.07 bits per heavy atom. The number of carbonyl (C=O) groups excluding carboxylic acids is 1. The Hall–Kier alpha value is -2.29. The lowest BCUT2D eigenvalue weighted by molar-refractivity contribution is 0.0911. The number of hydrogen-bond acceptors (Lipinski definition) is 5. The van der Waals surface area contributed by atoms with E-state index in [2.05, 4.69) is 5.32 Å². The van der Waals surface area contributed by atoms with Crippen LogP contribution in [0.5, 0.6) is 11.5 Å². The summed E-state index contributed by atoms with van der Waals surface area (Å²) in [6.07, 6.45) is 0. The van der Waals surface area contributed by atoms with Crippen molar-refractivity contribution in [2.24, 2.45) is 0 Å². The molecule has 29 heavy (non-hydrogen) atoms. The lowest BCUT2D eigenvalue weighted by Gasteiger charge is -2.29. The first-order valence-corrected chi connectivity index (χ1v) is 10.8. The van der Waals surface area contributed by atoms with Gasteiger partial charge in [-0.3, -0.25) is 4.79 Å². The lowest BCUT2D eigenvalue weighted by Crippen LogP contribution is -2.41. The van der Waals surface area contributed by atoms with Gasteiger partial charge in [-0.2, -0.15) is 0 Å². The van der Waals surface area contributed by atoms with Crippen LogP contribution in [0.1, 0.15) is 29.8 Å². The molecule has 1 amide bonds. The number of carbonyl (C=O) groups is 1. The molecule has 0 aromatic heterocycles. The Morgan fingerprint density at radius 2 is 1.72 bits per heavy atom. The van der Waals surface area contributed by atoms with Crippen LogP contribution in [0, 0.1) is 0 Å². The molecule has 1 N–H and O–H groups in total. The van der Waals surface area contributed by atoms with Gasteiger partial charge in [0.05, 0.1) is 21.0 Å². The summed E-state index contributed by atoms with van der Waals surface area (Å²) in [5.41, 5.74) is 0.121.